The van der Waals surface area contributed by atoms with Crippen molar-refractivity contribution in [2.75, 3.05) is 20.3 Å². The lowest BCUT2D eigenvalue weighted by Gasteiger charge is -2.37. The fourth-order valence-corrected chi connectivity index (χ4v) is 2.70. The Morgan fingerprint density at radius 2 is 2.05 bits per heavy atom. The van der Waals surface area contributed by atoms with E-state index in [4.69, 9.17) is 16.2 Å². The molecule has 1 fully saturated rings. The third-order valence-electron chi connectivity index (χ3n) is 4.23. The van der Waals surface area contributed by atoms with E-state index in [1.165, 1.54) is 12.8 Å². The van der Waals surface area contributed by atoms with Crippen molar-refractivity contribution in [2.45, 2.75) is 57.7 Å². The van der Waals surface area contributed by atoms with Crippen LogP contribution in [0.25, 0.3) is 0 Å². The van der Waals surface area contributed by atoms with Crippen LogP contribution in [0.4, 0.5) is 0 Å². The molecule has 3 unspecified atom stereocenters. The molecule has 5 nitrogen and oxygen atoms in total. The summed E-state index contributed by atoms with van der Waals surface area (Å²) in [5.41, 5.74) is 10.4. The van der Waals surface area contributed by atoms with Gasteiger partial charge in [0.2, 0.25) is 5.91 Å². The van der Waals surface area contributed by atoms with Crippen molar-refractivity contribution in [1.82, 2.24) is 4.90 Å². The summed E-state index contributed by atoms with van der Waals surface area (Å²) in [4.78, 5) is 13.8. The Labute approximate surface area is 116 Å². The molecule has 5 heteroatoms. The number of nitrogens with zero attached hydrogens (tertiary/aromatic N) is 1. The molecule has 0 aromatic carbocycles. The number of hydrogen-bond donors (Lipinski definition) is 2. The maximum atomic E-state index is 11.4. The Hall–Kier alpha value is -0.650. The third kappa shape index (κ3) is 4.75. The second-order valence-electron chi connectivity index (χ2n) is 6.14. The highest BCUT2D eigenvalue weighted by Crippen LogP contribution is 2.36. The molecule has 112 valence electrons. The third-order valence-corrected chi connectivity index (χ3v) is 4.23. The molecular weight excluding hydrogens is 242 g/mol. The van der Waals surface area contributed by atoms with E-state index in [-0.39, 0.29) is 6.04 Å². The summed E-state index contributed by atoms with van der Waals surface area (Å²) in [5, 5.41) is 0. The molecule has 0 aromatic rings. The Bertz CT molecular complexity index is 303. The van der Waals surface area contributed by atoms with E-state index in [2.05, 4.69) is 18.7 Å². The monoisotopic (exact) mass is 271 g/mol. The molecule has 4 N–H and O–H groups in total. The van der Waals surface area contributed by atoms with Crippen molar-refractivity contribution in [2.24, 2.45) is 17.4 Å². The van der Waals surface area contributed by atoms with Gasteiger partial charge in [-0.25, -0.2) is 0 Å². The quantitative estimate of drug-likeness (QED) is 0.647. The van der Waals surface area contributed by atoms with Crippen molar-refractivity contribution in [3.8, 4) is 0 Å². The number of nitrogens with two attached hydrogens (primary N) is 2. The Morgan fingerprint density at radius 1 is 1.47 bits per heavy atom. The van der Waals surface area contributed by atoms with Crippen LogP contribution >= 0.6 is 0 Å². The number of methoxy groups -OCH3 is 1. The second kappa shape index (κ2) is 6.68. The van der Waals surface area contributed by atoms with Gasteiger partial charge in [0.05, 0.1) is 12.1 Å². The van der Waals surface area contributed by atoms with Crippen molar-refractivity contribution >= 4 is 5.91 Å². The standard InChI is InChI=1S/C14H29N3O2/c1-10(9-14(3,16)13(15)18)17(7-8-19-4)11(2)12-5-6-12/h10-12H,5-9,16H2,1-4H3,(H2,15,18). The molecule has 0 heterocycles. The Morgan fingerprint density at radius 3 is 2.47 bits per heavy atom. The smallest absolute Gasteiger partial charge is 0.237 e. The lowest BCUT2D eigenvalue weighted by atomic mass is 9.92. The molecule has 1 saturated carbocycles. The van der Waals surface area contributed by atoms with Gasteiger partial charge in [-0.05, 0) is 46.0 Å². The van der Waals surface area contributed by atoms with E-state index in [1.807, 2.05) is 0 Å². The van der Waals surface area contributed by atoms with Crippen LogP contribution in [-0.2, 0) is 9.53 Å². The predicted octanol–water partition coefficient (Wildman–Crippen LogP) is 0.715. The van der Waals surface area contributed by atoms with E-state index in [0.717, 1.165) is 12.5 Å². The summed E-state index contributed by atoms with van der Waals surface area (Å²) < 4.78 is 5.19. The summed E-state index contributed by atoms with van der Waals surface area (Å²) >= 11 is 0. The molecule has 0 bridgehead atoms. The summed E-state index contributed by atoms with van der Waals surface area (Å²) in [5.74, 6) is 0.335. The molecule has 0 radical (unpaired) electrons. The predicted molar refractivity (Wildman–Crippen MR) is 76.6 cm³/mol. The second-order valence-corrected chi connectivity index (χ2v) is 6.14. The van der Waals surface area contributed by atoms with Crippen molar-refractivity contribution in [3.63, 3.8) is 0 Å². The number of carbonyl (C=O) groups is 1. The molecule has 1 amide bonds. The maximum absolute atomic E-state index is 11.4. The molecule has 0 saturated heterocycles. The van der Waals surface area contributed by atoms with Crippen LogP contribution in [0.1, 0.15) is 40.0 Å². The molecule has 19 heavy (non-hydrogen) atoms. The van der Waals surface area contributed by atoms with Gasteiger partial charge in [-0.3, -0.25) is 9.69 Å². The highest BCUT2D eigenvalue weighted by atomic mass is 16.5. The van der Waals surface area contributed by atoms with Crippen molar-refractivity contribution < 1.29 is 9.53 Å². The fraction of sp³-hybridized carbons (Fsp3) is 0.929. The first-order valence-electron chi connectivity index (χ1n) is 7.13. The zero-order valence-corrected chi connectivity index (χ0v) is 12.7. The Kier molecular flexibility index (Phi) is 5.77. The van der Waals surface area contributed by atoms with E-state index in [0.29, 0.717) is 19.1 Å². The zero-order valence-electron chi connectivity index (χ0n) is 12.7. The Balaban J connectivity index is 2.64. The molecule has 3 atom stereocenters. The SMILES string of the molecule is COCCN(C(C)CC(C)(N)C(N)=O)C(C)C1CC1. The normalized spacial score (nSPS) is 22.0. The van der Waals surface area contributed by atoms with Gasteiger partial charge in [0.1, 0.15) is 0 Å². The first-order valence-corrected chi connectivity index (χ1v) is 7.13. The summed E-state index contributed by atoms with van der Waals surface area (Å²) in [6, 6.07) is 0.724. The van der Waals surface area contributed by atoms with Gasteiger partial charge in [-0.1, -0.05) is 0 Å². The summed E-state index contributed by atoms with van der Waals surface area (Å²) in [7, 11) is 1.71. The van der Waals surface area contributed by atoms with Gasteiger partial charge >= 0.3 is 0 Å². The van der Waals surface area contributed by atoms with Crippen LogP contribution in [-0.4, -0.2) is 48.7 Å². The largest absolute Gasteiger partial charge is 0.383 e. The molecule has 0 spiro atoms. The summed E-state index contributed by atoms with van der Waals surface area (Å²) in [6.45, 7) is 7.64. The van der Waals surface area contributed by atoms with Crippen LogP contribution in [0.3, 0.4) is 0 Å². The highest BCUT2D eigenvalue weighted by molar-refractivity contribution is 5.83. The van der Waals surface area contributed by atoms with Gasteiger partial charge in [-0.15, -0.1) is 0 Å². The van der Waals surface area contributed by atoms with Gasteiger partial charge in [0, 0.05) is 25.7 Å². The average Bonchev–Trinajstić information content (AvgIpc) is 3.12. The molecule has 1 aliphatic rings. The van der Waals surface area contributed by atoms with Gasteiger partial charge in [0.15, 0.2) is 0 Å². The zero-order chi connectivity index (χ0) is 14.6. The van der Waals surface area contributed by atoms with Crippen LogP contribution in [0, 0.1) is 5.92 Å². The lowest BCUT2D eigenvalue weighted by Crippen LogP contribution is -2.55. The summed E-state index contributed by atoms with van der Waals surface area (Å²) in [6.07, 6.45) is 3.17. The van der Waals surface area contributed by atoms with Gasteiger partial charge < -0.3 is 16.2 Å². The molecule has 1 rings (SSSR count). The van der Waals surface area contributed by atoms with Crippen molar-refractivity contribution in [3.05, 3.63) is 0 Å². The van der Waals surface area contributed by atoms with Gasteiger partial charge in [0.25, 0.3) is 0 Å². The first-order chi connectivity index (χ1) is 8.79. The minimum absolute atomic E-state index is 0.216. The minimum Gasteiger partial charge on any atom is -0.383 e. The van der Waals surface area contributed by atoms with Crippen LogP contribution in [0.5, 0.6) is 0 Å². The van der Waals surface area contributed by atoms with E-state index in [1.54, 1.807) is 14.0 Å². The lowest BCUT2D eigenvalue weighted by molar-refractivity contribution is -0.123. The molecule has 1 aliphatic carbocycles. The topological polar surface area (TPSA) is 81.6 Å². The number of ether oxygens (including phenoxy) is 1. The molecule has 0 aliphatic heterocycles. The van der Waals surface area contributed by atoms with Crippen LogP contribution in [0.15, 0.2) is 0 Å². The van der Waals surface area contributed by atoms with E-state index in [9.17, 15) is 4.79 Å². The first kappa shape index (κ1) is 16.4. The molecular formula is C14H29N3O2. The van der Waals surface area contributed by atoms with E-state index >= 15 is 0 Å². The van der Waals surface area contributed by atoms with Gasteiger partial charge in [-0.2, -0.15) is 0 Å². The number of hydrogen-bond acceptors (Lipinski definition) is 4. The molecule has 0 aromatic heterocycles. The number of carbonyl (C=O) groups excluding carboxylic acids is 1. The van der Waals surface area contributed by atoms with Crippen LogP contribution in [0.2, 0.25) is 0 Å². The van der Waals surface area contributed by atoms with E-state index < -0.39 is 11.4 Å². The number of primary amides is 1. The average molecular weight is 271 g/mol. The van der Waals surface area contributed by atoms with Crippen molar-refractivity contribution in [1.29, 1.82) is 0 Å². The minimum atomic E-state index is -0.950. The highest BCUT2D eigenvalue weighted by Gasteiger charge is 2.36. The fourth-order valence-electron chi connectivity index (χ4n) is 2.70. The van der Waals surface area contributed by atoms with Crippen LogP contribution < -0.4 is 11.5 Å². The maximum Gasteiger partial charge on any atom is 0.237 e. The number of rotatable bonds is 9. The number of amides is 1.